The van der Waals surface area contributed by atoms with Gasteiger partial charge in [-0.25, -0.2) is 19.9 Å². The number of nitrogens with zero attached hydrogens (tertiary/aromatic N) is 7. The van der Waals surface area contributed by atoms with E-state index in [4.69, 9.17) is 24.7 Å². The van der Waals surface area contributed by atoms with Crippen molar-refractivity contribution in [1.29, 1.82) is 0 Å². The molecule has 3 aromatic heterocycles. The number of ether oxygens (including phenoxy) is 1. The molecular formula is C54H45N7OPt+2. The zero-order chi connectivity index (χ0) is 42.8. The summed E-state index contributed by atoms with van der Waals surface area (Å²) in [7, 11) is 2.01. The van der Waals surface area contributed by atoms with Crippen molar-refractivity contribution in [2.24, 2.45) is 0 Å². The third kappa shape index (κ3) is 7.82. The molecule has 0 spiro atoms. The molecule has 4 heterocycles. The first-order chi connectivity index (χ1) is 29.9. The summed E-state index contributed by atoms with van der Waals surface area (Å²) < 4.78 is 13.4. The van der Waals surface area contributed by atoms with Gasteiger partial charge in [0.1, 0.15) is 17.3 Å². The van der Waals surface area contributed by atoms with E-state index in [-0.39, 0.29) is 31.9 Å². The second kappa shape index (κ2) is 16.1. The minimum absolute atomic E-state index is 0. The number of pyridine rings is 1. The van der Waals surface area contributed by atoms with E-state index in [2.05, 4.69) is 113 Å². The van der Waals surface area contributed by atoms with Gasteiger partial charge in [0.15, 0.2) is 18.7 Å². The first-order valence-corrected chi connectivity index (χ1v) is 20.9. The van der Waals surface area contributed by atoms with Crippen LogP contribution in [0, 0.1) is 12.1 Å². The van der Waals surface area contributed by atoms with Crippen molar-refractivity contribution in [2.75, 3.05) is 7.05 Å². The number of hydrogen-bond acceptors (Lipinski definition) is 5. The van der Waals surface area contributed by atoms with Crippen LogP contribution in [0.2, 0.25) is 0 Å². The molecule has 0 N–H and O–H groups in total. The second-order valence-electron chi connectivity index (χ2n) is 17.8. The van der Waals surface area contributed by atoms with E-state index in [0.29, 0.717) is 34.5 Å². The topological polar surface area (TPSA) is 71.7 Å². The monoisotopic (exact) mass is 1000 g/mol. The van der Waals surface area contributed by atoms with Crippen LogP contribution in [-0.4, -0.2) is 42.1 Å². The predicted molar refractivity (Wildman–Crippen MR) is 249 cm³/mol. The minimum Gasteiger partial charge on any atom is -0.508 e. The van der Waals surface area contributed by atoms with Gasteiger partial charge in [0.2, 0.25) is 0 Å². The Balaban J connectivity index is 0.00000504. The number of benzene rings is 6. The Labute approximate surface area is 382 Å². The molecule has 310 valence electrons. The molecule has 0 aliphatic carbocycles. The van der Waals surface area contributed by atoms with Gasteiger partial charge in [-0.2, -0.15) is 0 Å². The molecule has 0 radical (unpaired) electrons. The number of fused-ring (bicyclic) bond motifs is 4. The van der Waals surface area contributed by atoms with Crippen molar-refractivity contribution in [3.05, 3.63) is 169 Å². The molecule has 0 saturated heterocycles. The normalized spacial score (nSPS) is 12.5. The molecule has 9 aromatic rings. The summed E-state index contributed by atoms with van der Waals surface area (Å²) in [6, 6.07) is 58.3. The Morgan fingerprint density at radius 2 is 1.22 bits per heavy atom. The molecule has 8 nitrogen and oxygen atoms in total. The van der Waals surface area contributed by atoms with E-state index in [1.165, 1.54) is 5.56 Å². The standard InChI is InChI=1S/C54H45N7O.Pt/c1-53(2,3)37-25-26-44-41(30-37)42-32-43(52-57-50(35-18-10-8-11-19-35)56-51(58-52)36-20-12-9-13-21-36)48(33-47(42)61(44)49-24-16-17-27-55-49)62-40-29-38(54(4,5)6)28-39(31-40)60-34-59(7)45-22-14-15-23-46(45)60;/h8-30,32H,1-7H3;/q;+2. The number of aromatic nitrogens is 5. The zero-order valence-corrected chi connectivity index (χ0v) is 38.5. The third-order valence-corrected chi connectivity index (χ3v) is 11.3. The summed E-state index contributed by atoms with van der Waals surface area (Å²) in [5, 5.41) is 2.03. The molecule has 0 saturated carbocycles. The number of para-hydroxylation sites is 2. The van der Waals surface area contributed by atoms with Gasteiger partial charge in [-0.3, -0.25) is 0 Å². The van der Waals surface area contributed by atoms with Gasteiger partial charge in [0, 0.05) is 46.5 Å². The van der Waals surface area contributed by atoms with Crippen molar-refractivity contribution >= 4 is 44.9 Å². The van der Waals surface area contributed by atoms with Crippen molar-refractivity contribution < 1.29 is 30.4 Å². The Hall–Kier alpha value is -6.85. The maximum atomic E-state index is 7.17. The maximum absolute atomic E-state index is 7.17. The van der Waals surface area contributed by atoms with Crippen LogP contribution >= 0.6 is 0 Å². The van der Waals surface area contributed by atoms with E-state index in [1.54, 1.807) is 0 Å². The predicted octanol–water partition coefficient (Wildman–Crippen LogP) is 12.6. The van der Waals surface area contributed by atoms with Crippen molar-refractivity contribution in [2.45, 2.75) is 52.4 Å². The van der Waals surface area contributed by atoms with Crippen molar-refractivity contribution in [3.63, 3.8) is 0 Å². The van der Waals surface area contributed by atoms with Crippen LogP contribution in [0.15, 0.2) is 146 Å². The van der Waals surface area contributed by atoms with E-state index >= 15 is 0 Å². The molecular weight excluding hydrogens is 958 g/mol. The van der Waals surface area contributed by atoms with Gasteiger partial charge < -0.3 is 9.30 Å². The molecule has 0 unspecified atom stereocenters. The number of hydrogen-bond donors (Lipinski definition) is 0. The Morgan fingerprint density at radius 3 is 1.86 bits per heavy atom. The van der Waals surface area contributed by atoms with E-state index < -0.39 is 0 Å². The van der Waals surface area contributed by atoms with Crippen LogP contribution in [0.5, 0.6) is 11.5 Å². The van der Waals surface area contributed by atoms with Crippen molar-refractivity contribution in [3.8, 4) is 51.5 Å². The largest absolute Gasteiger partial charge is 2.00 e. The summed E-state index contributed by atoms with van der Waals surface area (Å²) in [5.74, 6) is 3.30. The van der Waals surface area contributed by atoms with Gasteiger partial charge in [-0.05, 0) is 45.5 Å². The molecule has 0 fully saturated rings. The summed E-state index contributed by atoms with van der Waals surface area (Å²) in [6.07, 6.45) is 1.82. The smallest absolute Gasteiger partial charge is 0.508 e. The van der Waals surface area contributed by atoms with Crippen LogP contribution in [0.1, 0.15) is 52.7 Å². The fourth-order valence-corrected chi connectivity index (χ4v) is 7.96. The SMILES string of the molecule is C[N+]1=C=[N+](c2[c-]c(Oc3[c-]c4c(cc3-c3nc(-c5ccccc5)nc(-c5ccccc5)n3)c3cc(C(C)(C)C)ccc3n4-c3ccccn3)cc(C(C)(C)C)c2)c2ccccc21.[Pt+2]. The summed E-state index contributed by atoms with van der Waals surface area (Å²) >= 11 is 0. The number of rotatable bonds is 7. The molecule has 0 bridgehead atoms. The first-order valence-electron chi connectivity index (χ1n) is 20.9. The molecule has 9 heteroatoms. The minimum atomic E-state index is -0.219. The Morgan fingerprint density at radius 1 is 0.603 bits per heavy atom. The van der Waals surface area contributed by atoms with Crippen LogP contribution in [0.25, 0.3) is 61.8 Å². The maximum Gasteiger partial charge on any atom is 2.00 e. The van der Waals surface area contributed by atoms with Crippen LogP contribution in [-0.2, 0) is 31.9 Å². The van der Waals surface area contributed by atoms with Gasteiger partial charge >= 0.3 is 27.1 Å². The average molecular weight is 1000 g/mol. The fourth-order valence-electron chi connectivity index (χ4n) is 7.96. The van der Waals surface area contributed by atoms with Gasteiger partial charge in [-0.15, -0.1) is 29.1 Å². The average Bonchev–Trinajstić information content (AvgIpc) is 3.79. The van der Waals surface area contributed by atoms with Crippen LogP contribution < -0.4 is 9.31 Å². The first kappa shape index (κ1) is 41.5. The van der Waals surface area contributed by atoms with Gasteiger partial charge in [0.25, 0.3) is 11.4 Å². The summed E-state index contributed by atoms with van der Waals surface area (Å²) in [5.41, 5.74) is 9.10. The molecule has 6 aromatic carbocycles. The summed E-state index contributed by atoms with van der Waals surface area (Å²) in [6.45, 7) is 13.3. The molecule has 63 heavy (non-hydrogen) atoms. The van der Waals surface area contributed by atoms with Crippen LogP contribution in [0.4, 0.5) is 17.1 Å². The quantitative estimate of drug-likeness (QED) is 0.117. The Kier molecular flexibility index (Phi) is 10.6. The molecule has 0 amide bonds. The molecule has 1 aliphatic rings. The third-order valence-electron chi connectivity index (χ3n) is 11.3. The van der Waals surface area contributed by atoms with Crippen molar-refractivity contribution in [1.82, 2.24) is 29.1 Å². The van der Waals surface area contributed by atoms with Gasteiger partial charge in [0.05, 0.1) is 0 Å². The molecule has 10 rings (SSSR count). The summed E-state index contributed by atoms with van der Waals surface area (Å²) in [4.78, 5) is 20.3. The van der Waals surface area contributed by atoms with Gasteiger partial charge in [-0.1, -0.05) is 159 Å². The zero-order valence-electron chi connectivity index (χ0n) is 36.2. The Bertz CT molecular complexity index is 3210. The second-order valence-corrected chi connectivity index (χ2v) is 17.8. The van der Waals surface area contributed by atoms with E-state index in [9.17, 15) is 0 Å². The van der Waals surface area contributed by atoms with E-state index in [1.807, 2.05) is 113 Å². The molecule has 0 atom stereocenters. The molecule has 1 aliphatic heterocycles. The fraction of sp³-hybridized carbons (Fsp3) is 0.167. The van der Waals surface area contributed by atoms with Crippen LogP contribution in [0.3, 0.4) is 0 Å². The van der Waals surface area contributed by atoms with E-state index in [0.717, 1.165) is 61.4 Å².